The van der Waals surface area contributed by atoms with Crippen LogP contribution in [0, 0.1) is 0 Å². The summed E-state index contributed by atoms with van der Waals surface area (Å²) < 4.78 is 4.21. The lowest BCUT2D eigenvalue weighted by atomic mass is 10.4. The number of nitrogens with zero attached hydrogens (tertiary/aromatic N) is 2. The largest absolute Gasteiger partial charge is 0.376 e. The summed E-state index contributed by atoms with van der Waals surface area (Å²) in [7, 11) is 0. The van der Waals surface area contributed by atoms with Gasteiger partial charge in [0, 0.05) is 13.0 Å². The Balaban J connectivity index is 2.25. The number of aryl methyl sites for hydroxylation is 1. The molecule has 1 aromatic heterocycles. The molecule has 0 aliphatic carbocycles. The second-order valence-corrected chi connectivity index (χ2v) is 3.72. The smallest absolute Gasteiger partial charge is 0.244 e. The first-order valence-electron chi connectivity index (χ1n) is 4.91. The number of nitrogens with two attached hydrogens (primary N) is 1. The summed E-state index contributed by atoms with van der Waals surface area (Å²) in [5, 5.41) is 3.29. The van der Waals surface area contributed by atoms with Crippen LogP contribution in [0.3, 0.4) is 0 Å². The third kappa shape index (κ3) is 4.60. The molecular weight excluding hydrogens is 208 g/mol. The van der Waals surface area contributed by atoms with Crippen LogP contribution in [-0.4, -0.2) is 16.2 Å². The van der Waals surface area contributed by atoms with Crippen LogP contribution in [0.5, 0.6) is 0 Å². The third-order valence-corrected chi connectivity index (χ3v) is 2.12. The number of nitrogens with one attached hydrogen (secondary N) is 1. The van der Waals surface area contributed by atoms with Crippen LogP contribution < -0.4 is 15.6 Å². The molecule has 1 aromatic rings. The van der Waals surface area contributed by atoms with Crippen LogP contribution in [-0.2, 0) is 13.1 Å². The van der Waals surface area contributed by atoms with E-state index in [0.29, 0.717) is 5.11 Å². The zero-order valence-corrected chi connectivity index (χ0v) is 9.54. The van der Waals surface area contributed by atoms with Gasteiger partial charge in [0.2, 0.25) is 6.33 Å². The Morgan fingerprint density at radius 3 is 3.13 bits per heavy atom. The summed E-state index contributed by atoms with van der Waals surface area (Å²) in [6.45, 7) is 6.31. The highest BCUT2D eigenvalue weighted by molar-refractivity contribution is 7.80. The molecule has 15 heavy (non-hydrogen) atoms. The molecule has 0 aliphatic rings. The van der Waals surface area contributed by atoms with E-state index in [4.69, 9.17) is 18.0 Å². The lowest BCUT2D eigenvalue weighted by Crippen LogP contribution is -2.35. The molecule has 1 rings (SSSR count). The predicted octanol–water partition coefficient (Wildman–Crippen LogP) is 0.185. The Kier molecular flexibility index (Phi) is 4.83. The van der Waals surface area contributed by atoms with Gasteiger partial charge < -0.3 is 11.1 Å². The molecular formula is C10H17N4S+. The van der Waals surface area contributed by atoms with Crippen LogP contribution in [0.15, 0.2) is 31.4 Å². The third-order valence-electron chi connectivity index (χ3n) is 1.98. The van der Waals surface area contributed by atoms with Crippen LogP contribution >= 0.6 is 12.2 Å². The maximum atomic E-state index is 5.31. The Morgan fingerprint density at radius 1 is 1.67 bits per heavy atom. The molecule has 1 heterocycles. The first-order valence-corrected chi connectivity index (χ1v) is 5.32. The maximum absolute atomic E-state index is 5.31. The van der Waals surface area contributed by atoms with E-state index in [1.807, 2.05) is 18.5 Å². The number of hydrogen-bond donors (Lipinski definition) is 2. The van der Waals surface area contributed by atoms with Crippen molar-refractivity contribution in [1.82, 2.24) is 9.88 Å². The standard InChI is InChI=1S/C10H16N4S/c1-2-5-13-7-8-14(9-13)6-3-4-12-10(11)15/h2,7-9H,1,3-6H2,(H2-,11,12,15)/p+1. The van der Waals surface area contributed by atoms with E-state index in [0.717, 1.165) is 26.1 Å². The second-order valence-electron chi connectivity index (χ2n) is 3.28. The monoisotopic (exact) mass is 225 g/mol. The van der Waals surface area contributed by atoms with Crippen molar-refractivity contribution in [2.45, 2.75) is 19.5 Å². The molecule has 0 atom stereocenters. The minimum atomic E-state index is 0.365. The lowest BCUT2D eigenvalue weighted by Gasteiger charge is -2.00. The molecule has 3 N–H and O–H groups in total. The maximum Gasteiger partial charge on any atom is 0.244 e. The Morgan fingerprint density at radius 2 is 2.47 bits per heavy atom. The van der Waals surface area contributed by atoms with E-state index in [9.17, 15) is 0 Å². The van der Waals surface area contributed by atoms with Gasteiger partial charge in [-0.05, 0) is 12.2 Å². The lowest BCUT2D eigenvalue weighted by molar-refractivity contribution is -0.696. The fraction of sp³-hybridized carbons (Fsp3) is 0.400. The van der Waals surface area contributed by atoms with Gasteiger partial charge in [-0.1, -0.05) is 12.7 Å². The Labute approximate surface area is 95.4 Å². The first-order chi connectivity index (χ1) is 7.22. The van der Waals surface area contributed by atoms with Crippen LogP contribution in [0.25, 0.3) is 0 Å². The normalized spacial score (nSPS) is 9.87. The van der Waals surface area contributed by atoms with E-state index in [1.165, 1.54) is 0 Å². The fourth-order valence-corrected chi connectivity index (χ4v) is 1.40. The van der Waals surface area contributed by atoms with Gasteiger partial charge in [-0.3, -0.25) is 0 Å². The van der Waals surface area contributed by atoms with Crippen molar-refractivity contribution in [1.29, 1.82) is 0 Å². The number of aromatic nitrogens is 2. The summed E-state index contributed by atoms with van der Waals surface area (Å²) in [6, 6.07) is 0. The molecule has 0 bridgehead atoms. The van der Waals surface area contributed by atoms with E-state index in [2.05, 4.69) is 27.4 Å². The van der Waals surface area contributed by atoms with E-state index >= 15 is 0 Å². The van der Waals surface area contributed by atoms with Crippen molar-refractivity contribution in [3.63, 3.8) is 0 Å². The predicted molar refractivity (Wildman–Crippen MR) is 64.2 cm³/mol. The molecule has 0 aliphatic heterocycles. The number of rotatable bonds is 6. The summed E-state index contributed by atoms with van der Waals surface area (Å²) >= 11 is 4.71. The molecule has 82 valence electrons. The van der Waals surface area contributed by atoms with Crippen molar-refractivity contribution in [3.8, 4) is 0 Å². The average molecular weight is 225 g/mol. The van der Waals surface area contributed by atoms with E-state index < -0.39 is 0 Å². The molecule has 0 saturated heterocycles. The topological polar surface area (TPSA) is 46.9 Å². The Hall–Kier alpha value is -1.36. The SMILES string of the molecule is C=CCn1cc[n+](CCCNC(N)=S)c1. The molecule has 0 aromatic carbocycles. The van der Waals surface area contributed by atoms with Crippen LogP contribution in [0.4, 0.5) is 0 Å². The van der Waals surface area contributed by atoms with Gasteiger partial charge in [-0.2, -0.15) is 0 Å². The minimum Gasteiger partial charge on any atom is -0.376 e. The van der Waals surface area contributed by atoms with Gasteiger partial charge in [0.15, 0.2) is 5.11 Å². The number of allylic oxidation sites excluding steroid dienone is 1. The van der Waals surface area contributed by atoms with E-state index in [1.54, 1.807) is 0 Å². The van der Waals surface area contributed by atoms with Gasteiger partial charge >= 0.3 is 0 Å². The molecule has 5 heteroatoms. The summed E-state index contributed by atoms with van der Waals surface area (Å²) in [4.78, 5) is 0. The highest BCUT2D eigenvalue weighted by atomic mass is 32.1. The van der Waals surface area contributed by atoms with Gasteiger partial charge in [0.1, 0.15) is 18.9 Å². The minimum absolute atomic E-state index is 0.365. The Bertz CT molecular complexity index is 332. The first kappa shape index (κ1) is 11.7. The summed E-state index contributed by atoms with van der Waals surface area (Å²) in [5.41, 5.74) is 5.31. The average Bonchev–Trinajstić information content (AvgIpc) is 2.61. The van der Waals surface area contributed by atoms with Crippen molar-refractivity contribution in [2.75, 3.05) is 6.54 Å². The van der Waals surface area contributed by atoms with Gasteiger partial charge in [-0.25, -0.2) is 9.13 Å². The van der Waals surface area contributed by atoms with Gasteiger partial charge in [0.25, 0.3) is 0 Å². The van der Waals surface area contributed by atoms with Gasteiger partial charge in [-0.15, -0.1) is 0 Å². The molecule has 0 unspecified atom stereocenters. The molecule has 0 fully saturated rings. The molecule has 0 spiro atoms. The van der Waals surface area contributed by atoms with Crippen molar-refractivity contribution in [3.05, 3.63) is 31.4 Å². The highest BCUT2D eigenvalue weighted by Gasteiger charge is 2.01. The van der Waals surface area contributed by atoms with Crippen molar-refractivity contribution < 1.29 is 4.57 Å². The molecule has 0 saturated carbocycles. The molecule has 0 radical (unpaired) electrons. The number of thiocarbonyl (C=S) groups is 1. The zero-order valence-electron chi connectivity index (χ0n) is 8.72. The van der Waals surface area contributed by atoms with Crippen LogP contribution in [0.2, 0.25) is 0 Å². The fourth-order valence-electron chi connectivity index (χ4n) is 1.30. The summed E-state index contributed by atoms with van der Waals surface area (Å²) in [6.07, 6.45) is 9.01. The van der Waals surface area contributed by atoms with Crippen LogP contribution in [0.1, 0.15) is 6.42 Å². The zero-order chi connectivity index (χ0) is 11.1. The molecule has 0 amide bonds. The van der Waals surface area contributed by atoms with E-state index in [-0.39, 0.29) is 0 Å². The van der Waals surface area contributed by atoms with Gasteiger partial charge in [0.05, 0.1) is 6.54 Å². The second kappa shape index (κ2) is 6.19. The molecule has 4 nitrogen and oxygen atoms in total. The highest BCUT2D eigenvalue weighted by Crippen LogP contribution is 1.86. The summed E-state index contributed by atoms with van der Waals surface area (Å²) in [5.74, 6) is 0. The number of imidazole rings is 1. The van der Waals surface area contributed by atoms with Crippen molar-refractivity contribution in [2.24, 2.45) is 5.73 Å². The quantitative estimate of drug-likeness (QED) is 0.314. The van der Waals surface area contributed by atoms with Crippen molar-refractivity contribution >= 4 is 17.3 Å². The number of hydrogen-bond acceptors (Lipinski definition) is 1.